The molecule has 0 saturated carbocycles. The topological polar surface area (TPSA) is 114 Å². The molecule has 0 rings (SSSR count). The van der Waals surface area contributed by atoms with Crippen LogP contribution in [-0.4, -0.2) is 61.0 Å². The molecule has 20 heavy (non-hydrogen) atoms. The highest BCUT2D eigenvalue weighted by molar-refractivity contribution is 5.87. The lowest BCUT2D eigenvalue weighted by molar-refractivity contribution is -0.149. The minimum atomic E-state index is -1.08. The number of carbonyl (C=O) groups is 2. The van der Waals surface area contributed by atoms with Gasteiger partial charge in [-0.25, -0.2) is 9.59 Å². The van der Waals surface area contributed by atoms with E-state index in [9.17, 15) is 9.59 Å². The normalized spacial score (nSPS) is 13.2. The molecule has 2 unspecified atom stereocenters. The summed E-state index contributed by atoms with van der Waals surface area (Å²) in [4.78, 5) is 22.7. The average Bonchev–Trinajstić information content (AvgIpc) is 2.38. The molecule has 1 amide bonds. The molecule has 0 aliphatic heterocycles. The van der Waals surface area contributed by atoms with E-state index >= 15 is 0 Å². The second kappa shape index (κ2) is 10.2. The number of carbonyl (C=O) groups excluding carboxylic acids is 2. The van der Waals surface area contributed by atoms with Crippen LogP contribution in [0.3, 0.4) is 0 Å². The molecule has 8 heteroatoms. The average molecular weight is 291 g/mol. The fourth-order valence-corrected chi connectivity index (χ4v) is 1.00. The zero-order valence-corrected chi connectivity index (χ0v) is 11.6. The number of rotatable bonds is 9. The molecule has 0 aliphatic carbocycles. The third-order valence-corrected chi connectivity index (χ3v) is 1.94. The first-order valence-electron chi connectivity index (χ1n) is 6.07. The molecule has 0 saturated heterocycles. The summed E-state index contributed by atoms with van der Waals surface area (Å²) in [6.45, 7) is 5.84. The fourth-order valence-electron chi connectivity index (χ4n) is 1.00. The van der Waals surface area contributed by atoms with E-state index in [2.05, 4.69) is 16.6 Å². The third-order valence-electron chi connectivity index (χ3n) is 1.94. The number of hydrogen-bond acceptors (Lipinski definition) is 7. The Bertz CT molecular complexity index is 332. The number of nitrogens with one attached hydrogen (secondary N) is 1. The van der Waals surface area contributed by atoms with Gasteiger partial charge < -0.3 is 24.4 Å². The van der Waals surface area contributed by atoms with Gasteiger partial charge in [0.2, 0.25) is 6.23 Å². The van der Waals surface area contributed by atoms with E-state index in [1.54, 1.807) is 6.92 Å². The maximum Gasteiger partial charge on any atom is 0.410 e. The lowest BCUT2D eigenvalue weighted by atomic mass is 10.4. The van der Waals surface area contributed by atoms with Crippen molar-refractivity contribution in [2.45, 2.75) is 26.2 Å². The number of esters is 1. The molecule has 0 spiro atoms. The van der Waals surface area contributed by atoms with Gasteiger partial charge in [0, 0.05) is 5.57 Å². The van der Waals surface area contributed by atoms with E-state index in [0.717, 1.165) is 0 Å². The first-order valence-corrected chi connectivity index (χ1v) is 6.07. The van der Waals surface area contributed by atoms with Crippen LogP contribution in [0.15, 0.2) is 12.2 Å². The number of hydrogen-bond donors (Lipinski definition) is 3. The van der Waals surface area contributed by atoms with Crippen LogP contribution in [0.5, 0.6) is 0 Å². The summed E-state index contributed by atoms with van der Waals surface area (Å²) in [6.07, 6.45) is -2.89. The molecule has 116 valence electrons. The minimum Gasteiger partial charge on any atom is -0.450 e. The van der Waals surface area contributed by atoms with Crippen LogP contribution in [-0.2, 0) is 19.0 Å². The van der Waals surface area contributed by atoms with E-state index < -0.39 is 31.0 Å². The molecule has 3 N–H and O–H groups in total. The van der Waals surface area contributed by atoms with Gasteiger partial charge in [0.05, 0.1) is 19.8 Å². The zero-order chi connectivity index (χ0) is 15.5. The summed E-state index contributed by atoms with van der Waals surface area (Å²) in [5.74, 6) is -0.696. The van der Waals surface area contributed by atoms with Crippen molar-refractivity contribution in [3.63, 3.8) is 0 Å². The Balaban J connectivity index is 4.34. The van der Waals surface area contributed by atoms with Gasteiger partial charge in [-0.05, 0) is 13.8 Å². The van der Waals surface area contributed by atoms with Gasteiger partial charge in [0.1, 0.15) is 12.7 Å². The number of aliphatic hydroxyl groups is 2. The van der Waals surface area contributed by atoms with Crippen LogP contribution < -0.4 is 5.32 Å². The number of ether oxygens (including phenoxy) is 3. The second-order valence-electron chi connectivity index (χ2n) is 3.91. The van der Waals surface area contributed by atoms with Crippen LogP contribution in [0.25, 0.3) is 0 Å². The van der Waals surface area contributed by atoms with Crippen molar-refractivity contribution in [2.75, 3.05) is 26.4 Å². The minimum absolute atomic E-state index is 0.163. The lowest BCUT2D eigenvalue weighted by Gasteiger charge is -2.19. The standard InChI is InChI=1S/C12H21NO7/c1-4-19-12(17)13-10(20-11(16)8(2)3)7-18-6-9(15)5-14/h9-10,14-15H,2,4-7H2,1,3H3,(H,13,17). The molecule has 0 fully saturated rings. The molecule has 0 aliphatic rings. The lowest BCUT2D eigenvalue weighted by Crippen LogP contribution is -2.42. The monoisotopic (exact) mass is 291 g/mol. The summed E-state index contributed by atoms with van der Waals surface area (Å²) in [6, 6.07) is 0. The molecule has 0 aromatic rings. The first-order chi connectivity index (χ1) is 9.40. The predicted molar refractivity (Wildman–Crippen MR) is 68.8 cm³/mol. The largest absolute Gasteiger partial charge is 0.450 e. The molecular formula is C12H21NO7. The Morgan fingerprint density at radius 2 is 2.00 bits per heavy atom. The SMILES string of the molecule is C=C(C)C(=O)OC(COCC(O)CO)NC(=O)OCC. The van der Waals surface area contributed by atoms with Crippen LogP contribution >= 0.6 is 0 Å². The first kappa shape index (κ1) is 18.4. The summed E-state index contributed by atoms with van der Waals surface area (Å²) in [7, 11) is 0. The van der Waals surface area contributed by atoms with Crippen LogP contribution in [0, 0.1) is 0 Å². The van der Waals surface area contributed by atoms with Crippen molar-refractivity contribution >= 4 is 12.1 Å². The Morgan fingerprint density at radius 3 is 2.50 bits per heavy atom. The van der Waals surface area contributed by atoms with Crippen LogP contribution in [0.1, 0.15) is 13.8 Å². The van der Waals surface area contributed by atoms with Crippen LogP contribution in [0.2, 0.25) is 0 Å². The van der Waals surface area contributed by atoms with E-state index in [1.807, 2.05) is 0 Å². The van der Waals surface area contributed by atoms with Crippen molar-refractivity contribution in [3.8, 4) is 0 Å². The smallest absolute Gasteiger partial charge is 0.410 e. The van der Waals surface area contributed by atoms with Gasteiger partial charge in [-0.3, -0.25) is 5.32 Å². The third kappa shape index (κ3) is 8.46. The van der Waals surface area contributed by atoms with Crippen LogP contribution in [0.4, 0.5) is 4.79 Å². The van der Waals surface area contributed by atoms with Crippen molar-refractivity contribution in [2.24, 2.45) is 0 Å². The molecule has 0 aromatic heterocycles. The molecular weight excluding hydrogens is 270 g/mol. The highest BCUT2D eigenvalue weighted by Crippen LogP contribution is 1.99. The number of amides is 1. The molecule has 0 bridgehead atoms. The van der Waals surface area contributed by atoms with Gasteiger partial charge in [-0.2, -0.15) is 0 Å². The Hall–Kier alpha value is -1.64. The number of alkyl carbamates (subject to hydrolysis) is 1. The van der Waals surface area contributed by atoms with Gasteiger partial charge in [-0.15, -0.1) is 0 Å². The molecule has 0 heterocycles. The van der Waals surface area contributed by atoms with Crippen molar-refractivity contribution < 1.29 is 34.0 Å². The fraction of sp³-hybridized carbons (Fsp3) is 0.667. The molecule has 2 atom stereocenters. The Morgan fingerprint density at radius 1 is 1.35 bits per heavy atom. The second-order valence-corrected chi connectivity index (χ2v) is 3.91. The zero-order valence-electron chi connectivity index (χ0n) is 11.6. The highest BCUT2D eigenvalue weighted by Gasteiger charge is 2.19. The van der Waals surface area contributed by atoms with E-state index in [1.165, 1.54) is 6.92 Å². The predicted octanol–water partition coefficient (Wildman–Crippen LogP) is -0.452. The van der Waals surface area contributed by atoms with Crippen molar-refractivity contribution in [3.05, 3.63) is 12.2 Å². The van der Waals surface area contributed by atoms with Gasteiger partial charge in [0.15, 0.2) is 0 Å². The summed E-state index contributed by atoms with van der Waals surface area (Å²) >= 11 is 0. The van der Waals surface area contributed by atoms with Crippen molar-refractivity contribution in [1.82, 2.24) is 5.32 Å². The Labute approximate surface area is 117 Å². The maximum atomic E-state index is 11.4. The van der Waals surface area contributed by atoms with Crippen molar-refractivity contribution in [1.29, 1.82) is 0 Å². The summed E-state index contributed by atoms with van der Waals surface area (Å²) in [5, 5.41) is 20.0. The quantitative estimate of drug-likeness (QED) is 0.299. The summed E-state index contributed by atoms with van der Waals surface area (Å²) < 4.78 is 14.6. The van der Waals surface area contributed by atoms with E-state index in [-0.39, 0.29) is 25.4 Å². The molecule has 0 aromatic carbocycles. The molecule has 0 radical (unpaired) electrons. The summed E-state index contributed by atoms with van der Waals surface area (Å²) in [5.41, 5.74) is 0.163. The van der Waals surface area contributed by atoms with E-state index in [0.29, 0.717) is 0 Å². The Kier molecular flexibility index (Phi) is 9.35. The number of aliphatic hydroxyl groups excluding tert-OH is 2. The van der Waals surface area contributed by atoms with Gasteiger partial charge in [-0.1, -0.05) is 6.58 Å². The molecule has 8 nitrogen and oxygen atoms in total. The van der Waals surface area contributed by atoms with Gasteiger partial charge >= 0.3 is 12.1 Å². The van der Waals surface area contributed by atoms with E-state index in [4.69, 9.17) is 19.7 Å². The highest BCUT2D eigenvalue weighted by atomic mass is 16.6. The van der Waals surface area contributed by atoms with Gasteiger partial charge in [0.25, 0.3) is 0 Å². The maximum absolute atomic E-state index is 11.4.